The Hall–Kier alpha value is -1.54. The molecule has 22 heavy (non-hydrogen) atoms. The molecule has 0 saturated carbocycles. The Morgan fingerprint density at radius 3 is 2.86 bits per heavy atom. The van der Waals surface area contributed by atoms with E-state index in [2.05, 4.69) is 10.3 Å². The fourth-order valence-corrected chi connectivity index (χ4v) is 2.96. The number of likely N-dealkylation sites (N-methyl/N-ethyl adjacent to an activating group) is 1. The van der Waals surface area contributed by atoms with Gasteiger partial charge in [-0.25, -0.2) is 0 Å². The average molecular weight is 307 g/mol. The van der Waals surface area contributed by atoms with Crippen LogP contribution in [0, 0.1) is 0 Å². The van der Waals surface area contributed by atoms with Gasteiger partial charge >= 0.3 is 0 Å². The third-order valence-electron chi connectivity index (χ3n) is 3.99. The Morgan fingerprint density at radius 1 is 1.36 bits per heavy atom. The second kappa shape index (κ2) is 6.70. The quantitative estimate of drug-likeness (QED) is 0.738. The number of aromatic nitrogens is 1. The highest BCUT2D eigenvalue weighted by atomic mass is 16.6. The fourth-order valence-electron chi connectivity index (χ4n) is 2.96. The summed E-state index contributed by atoms with van der Waals surface area (Å²) in [5.74, 6) is -0.0733. The molecule has 1 amide bonds. The normalized spacial score (nSPS) is 30.5. The molecule has 3 heterocycles. The molecule has 120 valence electrons. The molecule has 7 heteroatoms. The van der Waals surface area contributed by atoms with Crippen molar-refractivity contribution in [2.45, 2.75) is 30.9 Å². The lowest BCUT2D eigenvalue weighted by Crippen LogP contribution is -2.47. The van der Waals surface area contributed by atoms with Crippen LogP contribution in [0.3, 0.4) is 0 Å². The number of hydrogen-bond donors (Lipinski definition) is 2. The summed E-state index contributed by atoms with van der Waals surface area (Å²) in [5.41, 5.74) is 1.11. The first-order valence-corrected chi connectivity index (χ1v) is 7.41. The van der Waals surface area contributed by atoms with Crippen molar-refractivity contribution in [2.24, 2.45) is 0 Å². The number of rotatable bonds is 5. The van der Waals surface area contributed by atoms with Crippen molar-refractivity contribution in [1.29, 1.82) is 0 Å². The monoisotopic (exact) mass is 307 g/mol. The van der Waals surface area contributed by atoms with Crippen molar-refractivity contribution in [1.82, 2.24) is 15.2 Å². The van der Waals surface area contributed by atoms with Crippen molar-refractivity contribution in [3.05, 3.63) is 30.1 Å². The van der Waals surface area contributed by atoms with Crippen molar-refractivity contribution < 1.29 is 19.4 Å². The number of pyridine rings is 1. The maximum Gasteiger partial charge on any atom is 0.234 e. The second-order valence-corrected chi connectivity index (χ2v) is 5.87. The van der Waals surface area contributed by atoms with E-state index in [1.54, 1.807) is 12.4 Å². The third kappa shape index (κ3) is 3.44. The van der Waals surface area contributed by atoms with Gasteiger partial charge in [0, 0.05) is 18.9 Å². The number of nitrogens with one attached hydrogen (secondary N) is 1. The van der Waals surface area contributed by atoms with E-state index in [1.165, 1.54) is 0 Å². The average Bonchev–Trinajstić information content (AvgIpc) is 3.04. The molecule has 2 fully saturated rings. The molecule has 1 aromatic heterocycles. The minimum absolute atomic E-state index is 0.0733. The molecule has 0 radical (unpaired) electrons. The van der Waals surface area contributed by atoms with Gasteiger partial charge in [-0.15, -0.1) is 0 Å². The van der Waals surface area contributed by atoms with Crippen molar-refractivity contribution in [2.75, 3.05) is 26.8 Å². The van der Waals surface area contributed by atoms with E-state index < -0.39 is 6.10 Å². The van der Waals surface area contributed by atoms with E-state index in [4.69, 9.17) is 9.47 Å². The van der Waals surface area contributed by atoms with Crippen LogP contribution in [0.1, 0.15) is 5.56 Å². The van der Waals surface area contributed by atoms with Gasteiger partial charge in [-0.3, -0.25) is 14.7 Å². The standard InChI is InChI=1S/C15H21N3O4/c1-18(6-10-2-4-16-5-3-10)7-13(20)17-11-8-21-15-12(19)9-22-14(11)15/h2-5,11-12,14-15,19H,6-9H2,1H3,(H,17,20)/t11-,12-,14-,15-/m1/s1. The van der Waals surface area contributed by atoms with Crippen LogP contribution in [0.2, 0.25) is 0 Å². The van der Waals surface area contributed by atoms with Gasteiger partial charge in [-0.2, -0.15) is 0 Å². The highest BCUT2D eigenvalue weighted by molar-refractivity contribution is 5.78. The highest BCUT2D eigenvalue weighted by Gasteiger charge is 2.47. The van der Waals surface area contributed by atoms with Crippen LogP contribution in [-0.2, 0) is 20.8 Å². The first kappa shape index (κ1) is 15.4. The van der Waals surface area contributed by atoms with E-state index in [0.717, 1.165) is 5.56 Å². The summed E-state index contributed by atoms with van der Waals surface area (Å²) >= 11 is 0. The zero-order chi connectivity index (χ0) is 15.5. The number of carbonyl (C=O) groups excluding carboxylic acids is 1. The van der Waals surface area contributed by atoms with E-state index in [9.17, 15) is 9.90 Å². The highest BCUT2D eigenvalue weighted by Crippen LogP contribution is 2.26. The van der Waals surface area contributed by atoms with Gasteiger partial charge in [-0.1, -0.05) is 0 Å². The molecule has 0 aliphatic carbocycles. The SMILES string of the molecule is CN(CC(=O)N[C@@H]1CO[C@H]2[C@@H]1OC[C@H]2O)Cc1ccncc1. The third-order valence-corrected chi connectivity index (χ3v) is 3.99. The predicted octanol–water partition coefficient (Wildman–Crippen LogP) is -0.843. The largest absolute Gasteiger partial charge is 0.388 e. The molecule has 0 unspecified atom stereocenters. The number of aliphatic hydroxyl groups excluding tert-OH is 1. The number of hydrogen-bond acceptors (Lipinski definition) is 6. The molecule has 2 aliphatic heterocycles. The maximum absolute atomic E-state index is 12.1. The van der Waals surface area contributed by atoms with Crippen molar-refractivity contribution >= 4 is 5.91 Å². The van der Waals surface area contributed by atoms with Crippen molar-refractivity contribution in [3.63, 3.8) is 0 Å². The molecule has 4 atom stereocenters. The van der Waals surface area contributed by atoms with E-state index in [0.29, 0.717) is 19.7 Å². The summed E-state index contributed by atoms with van der Waals surface area (Å²) in [6, 6.07) is 3.67. The van der Waals surface area contributed by atoms with E-state index in [-0.39, 0.29) is 30.8 Å². The van der Waals surface area contributed by atoms with Gasteiger partial charge in [0.15, 0.2) is 0 Å². The molecule has 1 aromatic rings. The number of ether oxygens (including phenoxy) is 2. The van der Waals surface area contributed by atoms with Crippen LogP contribution in [0.25, 0.3) is 0 Å². The molecule has 2 aliphatic rings. The Kier molecular flexibility index (Phi) is 4.68. The van der Waals surface area contributed by atoms with Crippen molar-refractivity contribution in [3.8, 4) is 0 Å². The Morgan fingerprint density at radius 2 is 2.09 bits per heavy atom. The minimum atomic E-state index is -0.596. The van der Waals surface area contributed by atoms with Crippen LogP contribution in [0.4, 0.5) is 0 Å². The van der Waals surface area contributed by atoms with E-state index in [1.807, 2.05) is 24.1 Å². The second-order valence-electron chi connectivity index (χ2n) is 5.87. The lowest BCUT2D eigenvalue weighted by atomic mass is 10.1. The molecular weight excluding hydrogens is 286 g/mol. The Balaban J connectivity index is 1.46. The first-order valence-electron chi connectivity index (χ1n) is 7.41. The van der Waals surface area contributed by atoms with E-state index >= 15 is 0 Å². The van der Waals surface area contributed by atoms with Crippen LogP contribution >= 0.6 is 0 Å². The predicted molar refractivity (Wildman–Crippen MR) is 78.0 cm³/mol. The summed E-state index contributed by atoms with van der Waals surface area (Å²) in [6.45, 7) is 1.62. The summed E-state index contributed by atoms with van der Waals surface area (Å²) in [7, 11) is 1.89. The van der Waals surface area contributed by atoms with Gasteiger partial charge < -0.3 is 19.9 Å². The van der Waals surface area contributed by atoms with Gasteiger partial charge in [0.1, 0.15) is 18.3 Å². The van der Waals surface area contributed by atoms with Crippen LogP contribution in [-0.4, -0.2) is 72.1 Å². The van der Waals surface area contributed by atoms with Gasteiger partial charge in [-0.05, 0) is 24.7 Å². The topological polar surface area (TPSA) is 83.9 Å². The Bertz CT molecular complexity index is 513. The van der Waals surface area contributed by atoms with Gasteiger partial charge in [0.05, 0.1) is 25.8 Å². The smallest absolute Gasteiger partial charge is 0.234 e. The lowest BCUT2D eigenvalue weighted by Gasteiger charge is -2.20. The Labute approximate surface area is 129 Å². The first-order chi connectivity index (χ1) is 10.6. The summed E-state index contributed by atoms with van der Waals surface area (Å²) in [6.07, 6.45) is 2.31. The molecule has 0 spiro atoms. The molecule has 0 aromatic carbocycles. The van der Waals surface area contributed by atoms with Crippen LogP contribution in [0.15, 0.2) is 24.5 Å². The van der Waals surface area contributed by atoms with Gasteiger partial charge in [0.2, 0.25) is 5.91 Å². The fraction of sp³-hybridized carbons (Fsp3) is 0.600. The number of aliphatic hydroxyl groups is 1. The summed E-state index contributed by atoms with van der Waals surface area (Å²) < 4.78 is 11.0. The maximum atomic E-state index is 12.1. The summed E-state index contributed by atoms with van der Waals surface area (Å²) in [5, 5.41) is 12.6. The zero-order valence-electron chi connectivity index (χ0n) is 12.5. The molecular formula is C15H21N3O4. The number of carbonyl (C=O) groups is 1. The van der Waals surface area contributed by atoms with Gasteiger partial charge in [0.25, 0.3) is 0 Å². The molecule has 2 saturated heterocycles. The number of nitrogens with zero attached hydrogens (tertiary/aromatic N) is 2. The van der Waals surface area contributed by atoms with Crippen LogP contribution < -0.4 is 5.32 Å². The lowest BCUT2D eigenvalue weighted by molar-refractivity contribution is -0.123. The molecule has 3 rings (SSSR count). The molecule has 0 bridgehead atoms. The number of fused-ring (bicyclic) bond motifs is 1. The minimum Gasteiger partial charge on any atom is -0.388 e. The van der Waals surface area contributed by atoms with Crippen LogP contribution in [0.5, 0.6) is 0 Å². The molecule has 2 N–H and O–H groups in total. The molecule has 7 nitrogen and oxygen atoms in total. The summed E-state index contributed by atoms with van der Waals surface area (Å²) in [4.78, 5) is 18.0. The number of amides is 1. The zero-order valence-corrected chi connectivity index (χ0v) is 12.5.